The van der Waals surface area contributed by atoms with Crippen molar-refractivity contribution in [2.75, 3.05) is 5.73 Å². The van der Waals surface area contributed by atoms with E-state index < -0.39 is 5.97 Å². The normalized spacial score (nSPS) is 10.6. The molecule has 6 heteroatoms. The van der Waals surface area contributed by atoms with Crippen molar-refractivity contribution in [3.05, 3.63) is 26.9 Å². The molecule has 0 amide bonds. The Morgan fingerprint density at radius 2 is 2.19 bits per heavy atom. The summed E-state index contributed by atoms with van der Waals surface area (Å²) in [5.74, 6) is -0.996. The van der Waals surface area contributed by atoms with Gasteiger partial charge in [0.25, 0.3) is 0 Å². The first kappa shape index (κ1) is 11.4. The van der Waals surface area contributed by atoms with Gasteiger partial charge in [-0.3, -0.25) is 0 Å². The van der Waals surface area contributed by atoms with Crippen molar-refractivity contribution in [1.82, 2.24) is 0 Å². The maximum absolute atomic E-state index is 10.9. The summed E-state index contributed by atoms with van der Waals surface area (Å²) in [7, 11) is 0. The Morgan fingerprint density at radius 1 is 1.50 bits per heavy atom. The zero-order valence-corrected chi connectivity index (χ0v) is 10.7. The molecule has 0 aliphatic heterocycles. The first-order valence-corrected chi connectivity index (χ1v) is 6.45. The summed E-state index contributed by atoms with van der Waals surface area (Å²) in [6, 6.07) is 1.79. The van der Waals surface area contributed by atoms with Crippen LogP contribution in [0, 0.1) is 6.92 Å². The van der Waals surface area contributed by atoms with E-state index in [0.29, 0.717) is 10.7 Å². The van der Waals surface area contributed by atoms with E-state index in [0.717, 1.165) is 15.3 Å². The van der Waals surface area contributed by atoms with Crippen LogP contribution in [0.5, 0.6) is 0 Å². The maximum Gasteiger partial charge on any atom is 0.348 e. The Kier molecular flexibility index (Phi) is 2.92. The van der Waals surface area contributed by atoms with Crippen LogP contribution < -0.4 is 5.73 Å². The van der Waals surface area contributed by atoms with Crippen LogP contribution in [0.2, 0.25) is 5.02 Å². The van der Waals surface area contributed by atoms with Crippen LogP contribution >= 0.6 is 34.3 Å². The minimum Gasteiger partial charge on any atom is -0.477 e. The van der Waals surface area contributed by atoms with Gasteiger partial charge in [0.1, 0.15) is 4.88 Å². The van der Waals surface area contributed by atoms with Crippen molar-refractivity contribution >= 4 is 45.9 Å². The zero-order valence-electron chi connectivity index (χ0n) is 8.28. The highest BCUT2D eigenvalue weighted by Gasteiger charge is 2.20. The number of carbonyl (C=O) groups is 1. The fourth-order valence-corrected chi connectivity index (χ4v) is 3.85. The Hall–Kier alpha value is -1.04. The molecule has 0 bridgehead atoms. The van der Waals surface area contributed by atoms with Gasteiger partial charge in [-0.25, -0.2) is 4.79 Å². The monoisotopic (exact) mass is 273 g/mol. The number of rotatable bonds is 2. The van der Waals surface area contributed by atoms with Crippen LogP contribution in [0.3, 0.4) is 0 Å². The fourth-order valence-electron chi connectivity index (χ4n) is 1.36. The lowest BCUT2D eigenvalue weighted by atomic mass is 10.2. The van der Waals surface area contributed by atoms with Gasteiger partial charge >= 0.3 is 5.97 Å². The Labute approximate surface area is 105 Å². The molecule has 2 heterocycles. The minimum absolute atomic E-state index is 0.178. The Morgan fingerprint density at radius 3 is 2.62 bits per heavy atom. The standard InChI is InChI=1S/C10H8ClNO2S2/c1-4-6(12)9(10(13)14)16-7(4)8-5(11)2-3-15-8/h2-3H,12H2,1H3,(H,13,14). The van der Waals surface area contributed by atoms with Gasteiger partial charge in [-0.05, 0) is 23.9 Å². The molecule has 0 unspecified atom stereocenters. The molecule has 0 atom stereocenters. The second kappa shape index (κ2) is 4.08. The summed E-state index contributed by atoms with van der Waals surface area (Å²) >= 11 is 8.66. The first-order valence-electron chi connectivity index (χ1n) is 4.38. The lowest BCUT2D eigenvalue weighted by molar-refractivity contribution is 0.0703. The molecule has 2 aromatic heterocycles. The third-order valence-electron chi connectivity index (χ3n) is 2.21. The first-order chi connectivity index (χ1) is 7.52. The molecule has 84 valence electrons. The van der Waals surface area contributed by atoms with E-state index in [-0.39, 0.29) is 4.88 Å². The van der Waals surface area contributed by atoms with Crippen LogP contribution in [0.25, 0.3) is 9.75 Å². The summed E-state index contributed by atoms with van der Waals surface area (Å²) in [5, 5.41) is 11.5. The minimum atomic E-state index is -0.996. The molecular formula is C10H8ClNO2S2. The highest BCUT2D eigenvalue weighted by atomic mass is 35.5. The molecule has 3 N–H and O–H groups in total. The smallest absolute Gasteiger partial charge is 0.348 e. The number of anilines is 1. The van der Waals surface area contributed by atoms with E-state index >= 15 is 0 Å². The molecule has 0 aromatic carbocycles. The summed E-state index contributed by atoms with van der Waals surface area (Å²) < 4.78 is 0. The quantitative estimate of drug-likeness (QED) is 0.876. The van der Waals surface area contributed by atoms with Gasteiger partial charge in [0, 0.05) is 0 Å². The van der Waals surface area contributed by atoms with Crippen LogP contribution in [0.1, 0.15) is 15.2 Å². The van der Waals surface area contributed by atoms with Crippen molar-refractivity contribution in [2.24, 2.45) is 0 Å². The number of thiophene rings is 2. The third-order valence-corrected chi connectivity index (χ3v) is 5.01. The second-order valence-corrected chi connectivity index (χ2v) is 5.55. The van der Waals surface area contributed by atoms with Gasteiger partial charge in [0.15, 0.2) is 0 Å². The summed E-state index contributed by atoms with van der Waals surface area (Å²) in [6.07, 6.45) is 0. The molecule has 0 radical (unpaired) electrons. The molecule has 2 rings (SSSR count). The topological polar surface area (TPSA) is 63.3 Å². The van der Waals surface area contributed by atoms with Gasteiger partial charge in [0.05, 0.1) is 20.5 Å². The van der Waals surface area contributed by atoms with Crippen molar-refractivity contribution in [3.8, 4) is 9.75 Å². The number of halogens is 1. The van der Waals surface area contributed by atoms with Crippen molar-refractivity contribution in [2.45, 2.75) is 6.92 Å². The predicted molar refractivity (Wildman–Crippen MR) is 68.8 cm³/mol. The number of aromatic carboxylic acids is 1. The molecule has 0 aliphatic carbocycles. The van der Waals surface area contributed by atoms with Gasteiger partial charge in [0.2, 0.25) is 0 Å². The van der Waals surface area contributed by atoms with Gasteiger partial charge in [-0.2, -0.15) is 0 Å². The lowest BCUT2D eigenvalue weighted by Crippen LogP contribution is -1.97. The molecule has 16 heavy (non-hydrogen) atoms. The number of carboxylic acids is 1. The van der Waals surface area contributed by atoms with Crippen molar-refractivity contribution in [3.63, 3.8) is 0 Å². The van der Waals surface area contributed by atoms with Crippen LogP contribution in [0.4, 0.5) is 5.69 Å². The van der Waals surface area contributed by atoms with E-state index in [1.54, 1.807) is 6.07 Å². The fraction of sp³-hybridized carbons (Fsp3) is 0.100. The largest absolute Gasteiger partial charge is 0.477 e. The molecule has 0 saturated carbocycles. The molecule has 0 spiro atoms. The summed E-state index contributed by atoms with van der Waals surface area (Å²) in [6.45, 7) is 1.81. The average Bonchev–Trinajstić information content (AvgIpc) is 2.74. The Bertz CT molecular complexity index is 559. The van der Waals surface area contributed by atoms with Crippen LogP contribution in [0.15, 0.2) is 11.4 Å². The zero-order chi connectivity index (χ0) is 11.9. The predicted octanol–water partition coefficient (Wildman–Crippen LogP) is 3.72. The van der Waals surface area contributed by atoms with E-state index in [2.05, 4.69) is 0 Å². The molecule has 3 nitrogen and oxygen atoms in total. The van der Waals surface area contributed by atoms with Crippen molar-refractivity contribution < 1.29 is 9.90 Å². The van der Waals surface area contributed by atoms with Gasteiger partial charge in [-0.15, -0.1) is 22.7 Å². The number of hydrogen-bond donors (Lipinski definition) is 2. The molecule has 0 aliphatic rings. The molecule has 0 saturated heterocycles. The number of nitrogen functional groups attached to an aromatic ring is 1. The Balaban J connectivity index is 2.64. The highest BCUT2D eigenvalue weighted by molar-refractivity contribution is 7.23. The summed E-state index contributed by atoms with van der Waals surface area (Å²) in [4.78, 5) is 12.8. The van der Waals surface area contributed by atoms with Crippen LogP contribution in [-0.2, 0) is 0 Å². The molecule has 2 aromatic rings. The second-order valence-electron chi connectivity index (χ2n) is 3.20. The average molecular weight is 274 g/mol. The number of hydrogen-bond acceptors (Lipinski definition) is 4. The lowest BCUT2D eigenvalue weighted by Gasteiger charge is -1.96. The van der Waals surface area contributed by atoms with Gasteiger partial charge < -0.3 is 10.8 Å². The van der Waals surface area contributed by atoms with E-state index in [9.17, 15) is 4.79 Å². The SMILES string of the molecule is Cc1c(-c2sccc2Cl)sc(C(=O)O)c1N. The number of nitrogens with two attached hydrogens (primary N) is 1. The number of carboxylic acid groups (broad SMARTS) is 1. The van der Waals surface area contributed by atoms with E-state index in [1.807, 2.05) is 12.3 Å². The van der Waals surface area contributed by atoms with Crippen LogP contribution in [-0.4, -0.2) is 11.1 Å². The highest BCUT2D eigenvalue weighted by Crippen LogP contribution is 2.43. The summed E-state index contributed by atoms with van der Waals surface area (Å²) in [5.41, 5.74) is 6.87. The van der Waals surface area contributed by atoms with Crippen molar-refractivity contribution in [1.29, 1.82) is 0 Å². The molecular weight excluding hydrogens is 266 g/mol. The molecule has 0 fully saturated rings. The maximum atomic E-state index is 10.9. The van der Waals surface area contributed by atoms with E-state index in [4.69, 9.17) is 22.4 Å². The third kappa shape index (κ3) is 1.71. The van der Waals surface area contributed by atoms with Gasteiger partial charge in [-0.1, -0.05) is 11.6 Å². The van der Waals surface area contributed by atoms with E-state index in [1.165, 1.54) is 22.7 Å².